The van der Waals surface area contributed by atoms with Crippen molar-refractivity contribution in [3.05, 3.63) is 39.4 Å². The number of nitro groups is 1. The van der Waals surface area contributed by atoms with Gasteiger partial charge in [0.15, 0.2) is 0 Å². The van der Waals surface area contributed by atoms with Gasteiger partial charge in [0.25, 0.3) is 5.69 Å². The molecule has 1 aliphatic carbocycles. The summed E-state index contributed by atoms with van der Waals surface area (Å²) >= 11 is 0. The van der Waals surface area contributed by atoms with Crippen LogP contribution in [-0.4, -0.2) is 23.9 Å². The summed E-state index contributed by atoms with van der Waals surface area (Å²) in [5.41, 5.74) is 1.46. The van der Waals surface area contributed by atoms with Crippen LogP contribution in [-0.2, 0) is 11.3 Å². The molecular weight excluding hydrogens is 294 g/mol. The van der Waals surface area contributed by atoms with Gasteiger partial charge in [-0.15, -0.1) is 12.4 Å². The summed E-state index contributed by atoms with van der Waals surface area (Å²) in [5.74, 6) is 0.651. The normalized spacial score (nSPS) is 13.4. The smallest absolute Gasteiger partial charge is 0.272 e. The average molecular weight is 314 g/mol. The minimum Gasteiger partial charge on any atom is -0.351 e. The largest absolute Gasteiger partial charge is 0.351 e. The number of carbonyl (C=O) groups is 1. The lowest BCUT2D eigenvalue weighted by atomic mass is 10.1. The average Bonchev–Trinajstić information content (AvgIpc) is 3.21. The van der Waals surface area contributed by atoms with Crippen molar-refractivity contribution in [2.75, 3.05) is 13.1 Å². The molecule has 116 valence electrons. The fourth-order valence-corrected chi connectivity index (χ4v) is 2.03. The van der Waals surface area contributed by atoms with Crippen molar-refractivity contribution in [2.45, 2.75) is 26.3 Å². The van der Waals surface area contributed by atoms with E-state index in [4.69, 9.17) is 0 Å². The first-order valence-corrected chi connectivity index (χ1v) is 6.78. The summed E-state index contributed by atoms with van der Waals surface area (Å²) in [5, 5.41) is 16.7. The molecule has 2 N–H and O–H groups in total. The number of rotatable bonds is 7. The highest BCUT2D eigenvalue weighted by Gasteiger charge is 2.20. The van der Waals surface area contributed by atoms with Crippen LogP contribution >= 0.6 is 12.4 Å². The van der Waals surface area contributed by atoms with E-state index in [2.05, 4.69) is 10.6 Å². The molecule has 0 heterocycles. The van der Waals surface area contributed by atoms with Gasteiger partial charge in [-0.1, -0.05) is 12.1 Å². The van der Waals surface area contributed by atoms with Crippen LogP contribution in [0.3, 0.4) is 0 Å². The van der Waals surface area contributed by atoms with E-state index in [0.717, 1.165) is 18.0 Å². The van der Waals surface area contributed by atoms with Gasteiger partial charge in [0.2, 0.25) is 5.91 Å². The highest BCUT2D eigenvalue weighted by molar-refractivity contribution is 5.85. The fourth-order valence-electron chi connectivity index (χ4n) is 2.03. The van der Waals surface area contributed by atoms with Crippen molar-refractivity contribution in [1.82, 2.24) is 10.6 Å². The highest BCUT2D eigenvalue weighted by atomic mass is 35.5. The van der Waals surface area contributed by atoms with Crippen molar-refractivity contribution in [3.63, 3.8) is 0 Å². The van der Waals surface area contributed by atoms with Crippen LogP contribution in [0.2, 0.25) is 0 Å². The maximum Gasteiger partial charge on any atom is 0.272 e. The van der Waals surface area contributed by atoms with E-state index in [1.54, 1.807) is 19.1 Å². The Morgan fingerprint density at radius 1 is 1.43 bits per heavy atom. The molecule has 0 aromatic heterocycles. The maximum absolute atomic E-state index is 11.6. The van der Waals surface area contributed by atoms with Crippen LogP contribution < -0.4 is 10.6 Å². The molecule has 7 heteroatoms. The molecule has 1 aromatic rings. The summed E-state index contributed by atoms with van der Waals surface area (Å²) in [6.45, 7) is 3.20. The molecule has 21 heavy (non-hydrogen) atoms. The van der Waals surface area contributed by atoms with Crippen molar-refractivity contribution in [3.8, 4) is 0 Å². The Morgan fingerprint density at radius 2 is 2.14 bits per heavy atom. The first-order chi connectivity index (χ1) is 9.58. The molecule has 0 aliphatic heterocycles. The lowest BCUT2D eigenvalue weighted by Crippen LogP contribution is -2.34. The van der Waals surface area contributed by atoms with E-state index in [1.807, 2.05) is 0 Å². The second-order valence-electron chi connectivity index (χ2n) is 5.17. The lowest BCUT2D eigenvalue weighted by molar-refractivity contribution is -0.385. The third-order valence-corrected chi connectivity index (χ3v) is 3.51. The zero-order chi connectivity index (χ0) is 14.5. The van der Waals surface area contributed by atoms with Gasteiger partial charge in [-0.05, 0) is 37.8 Å². The van der Waals surface area contributed by atoms with Crippen molar-refractivity contribution >= 4 is 24.0 Å². The van der Waals surface area contributed by atoms with Crippen LogP contribution in [0.4, 0.5) is 5.69 Å². The first-order valence-electron chi connectivity index (χ1n) is 6.78. The van der Waals surface area contributed by atoms with E-state index in [0.29, 0.717) is 18.7 Å². The molecule has 0 atom stereocenters. The molecule has 1 saturated carbocycles. The number of nitro benzene ring substituents is 1. The zero-order valence-electron chi connectivity index (χ0n) is 11.9. The molecule has 6 nitrogen and oxygen atoms in total. The van der Waals surface area contributed by atoms with E-state index in [1.165, 1.54) is 18.9 Å². The second kappa shape index (κ2) is 7.95. The van der Waals surface area contributed by atoms with Crippen LogP contribution in [0.1, 0.15) is 24.0 Å². The summed E-state index contributed by atoms with van der Waals surface area (Å²) < 4.78 is 0. The number of hydrogen-bond donors (Lipinski definition) is 2. The Hall–Kier alpha value is -1.66. The molecule has 0 saturated heterocycles. The molecule has 0 spiro atoms. The van der Waals surface area contributed by atoms with Crippen molar-refractivity contribution in [1.29, 1.82) is 0 Å². The van der Waals surface area contributed by atoms with Crippen LogP contribution in [0.5, 0.6) is 0 Å². The van der Waals surface area contributed by atoms with Gasteiger partial charge in [-0.2, -0.15) is 0 Å². The molecule has 1 aromatic carbocycles. The summed E-state index contributed by atoms with van der Waals surface area (Å²) in [6, 6.07) is 4.90. The van der Waals surface area contributed by atoms with Gasteiger partial charge >= 0.3 is 0 Å². The van der Waals surface area contributed by atoms with Crippen molar-refractivity contribution in [2.24, 2.45) is 5.92 Å². The third-order valence-electron chi connectivity index (χ3n) is 3.51. The van der Waals surface area contributed by atoms with E-state index >= 15 is 0 Å². The summed E-state index contributed by atoms with van der Waals surface area (Å²) in [4.78, 5) is 22.1. The van der Waals surface area contributed by atoms with E-state index in [9.17, 15) is 14.9 Å². The number of nitrogens with zero attached hydrogens (tertiary/aromatic N) is 1. The predicted molar refractivity (Wildman–Crippen MR) is 82.5 cm³/mol. The number of benzene rings is 1. The summed E-state index contributed by atoms with van der Waals surface area (Å²) in [7, 11) is 0. The molecular formula is C14H20ClN3O3. The monoisotopic (exact) mass is 313 g/mol. The molecule has 0 bridgehead atoms. The Kier molecular flexibility index (Phi) is 6.58. The van der Waals surface area contributed by atoms with Gasteiger partial charge in [0, 0.05) is 18.2 Å². The van der Waals surface area contributed by atoms with E-state index < -0.39 is 4.92 Å². The number of hydrogen-bond acceptors (Lipinski definition) is 4. The predicted octanol–water partition coefficient (Wildman–Crippen LogP) is 1.94. The molecule has 0 radical (unpaired) electrons. The standard InChI is InChI=1S/C14H19N3O3.ClH/c1-10-12(3-2-4-13(10)17(19)20)8-16-14(18)9-15-7-11-5-6-11;/h2-4,11,15H,5-9H2,1H3,(H,16,18);1H. The highest BCUT2D eigenvalue weighted by Crippen LogP contribution is 2.27. The van der Waals surface area contributed by atoms with Gasteiger partial charge in [0.05, 0.1) is 11.5 Å². The topological polar surface area (TPSA) is 84.3 Å². The Bertz CT molecular complexity index is 518. The SMILES string of the molecule is Cc1c(CNC(=O)CNCC2CC2)cccc1[N+](=O)[O-].Cl. The zero-order valence-corrected chi connectivity index (χ0v) is 12.7. The molecule has 1 fully saturated rings. The number of halogens is 1. The van der Waals surface area contributed by atoms with E-state index in [-0.39, 0.29) is 24.0 Å². The van der Waals surface area contributed by atoms with Gasteiger partial charge in [-0.3, -0.25) is 14.9 Å². The quantitative estimate of drug-likeness (QED) is 0.595. The summed E-state index contributed by atoms with van der Waals surface area (Å²) in [6.07, 6.45) is 2.50. The van der Waals surface area contributed by atoms with Crippen LogP contribution in [0.15, 0.2) is 18.2 Å². The number of nitrogens with one attached hydrogen (secondary N) is 2. The van der Waals surface area contributed by atoms with Crippen LogP contribution in [0, 0.1) is 23.0 Å². The Labute approximate surface area is 129 Å². The third kappa shape index (κ3) is 5.32. The van der Waals surface area contributed by atoms with Gasteiger partial charge in [-0.25, -0.2) is 0 Å². The van der Waals surface area contributed by atoms with Gasteiger partial charge in [0.1, 0.15) is 0 Å². The fraction of sp³-hybridized carbons (Fsp3) is 0.500. The van der Waals surface area contributed by atoms with Crippen molar-refractivity contribution < 1.29 is 9.72 Å². The number of amides is 1. The number of carbonyl (C=O) groups excluding carboxylic acids is 1. The minimum atomic E-state index is -0.405. The molecule has 1 amide bonds. The Morgan fingerprint density at radius 3 is 2.76 bits per heavy atom. The van der Waals surface area contributed by atoms with Gasteiger partial charge < -0.3 is 10.6 Å². The second-order valence-corrected chi connectivity index (χ2v) is 5.17. The molecule has 0 unspecified atom stereocenters. The Balaban J connectivity index is 0.00000220. The molecule has 2 rings (SSSR count). The minimum absolute atomic E-state index is 0. The molecule has 1 aliphatic rings. The van der Waals surface area contributed by atoms with Crippen LogP contribution in [0.25, 0.3) is 0 Å². The lowest BCUT2D eigenvalue weighted by Gasteiger charge is -2.09. The first kappa shape index (κ1) is 17.4. The maximum atomic E-state index is 11.6.